The highest BCUT2D eigenvalue weighted by molar-refractivity contribution is 7.89. The van der Waals surface area contributed by atoms with Gasteiger partial charge in [0.1, 0.15) is 0 Å². The summed E-state index contributed by atoms with van der Waals surface area (Å²) in [5, 5.41) is 3.06. The van der Waals surface area contributed by atoms with Gasteiger partial charge in [0, 0.05) is 18.5 Å². The molecule has 0 radical (unpaired) electrons. The summed E-state index contributed by atoms with van der Waals surface area (Å²) in [7, 11) is -3.20. The second-order valence-corrected chi connectivity index (χ2v) is 8.61. The predicted molar refractivity (Wildman–Crippen MR) is 82.9 cm³/mol. The molecule has 4 rings (SSSR count). The fraction of sp³-hybridized carbons (Fsp3) is 0.562. The Balaban J connectivity index is 1.41. The van der Waals surface area contributed by atoms with Gasteiger partial charge in [-0.15, -0.1) is 0 Å². The topological polar surface area (TPSA) is 66.5 Å². The maximum Gasteiger partial charge on any atom is 0.235 e. The number of nitrogens with one attached hydrogen (secondary N) is 1. The van der Waals surface area contributed by atoms with Crippen LogP contribution in [-0.4, -0.2) is 43.5 Å². The molecule has 1 saturated heterocycles. The average Bonchev–Trinajstić information content (AvgIpc) is 3.09. The highest BCUT2D eigenvalue weighted by atomic mass is 32.2. The van der Waals surface area contributed by atoms with E-state index in [2.05, 4.69) is 29.6 Å². The number of benzene rings is 1. The molecule has 2 fully saturated rings. The number of carbonyl (C=O) groups is 1. The van der Waals surface area contributed by atoms with E-state index < -0.39 is 10.0 Å². The van der Waals surface area contributed by atoms with Crippen molar-refractivity contribution in [2.75, 3.05) is 18.8 Å². The zero-order chi connectivity index (χ0) is 15.3. The van der Waals surface area contributed by atoms with Crippen molar-refractivity contribution < 1.29 is 13.2 Å². The smallest absolute Gasteiger partial charge is 0.235 e. The van der Waals surface area contributed by atoms with Gasteiger partial charge in [-0.25, -0.2) is 8.42 Å². The molecule has 1 amide bonds. The monoisotopic (exact) mass is 320 g/mol. The Morgan fingerprint density at radius 2 is 2.14 bits per heavy atom. The van der Waals surface area contributed by atoms with Crippen molar-refractivity contribution in [1.82, 2.24) is 9.62 Å². The van der Waals surface area contributed by atoms with Crippen LogP contribution in [0.4, 0.5) is 0 Å². The first-order valence-electron chi connectivity index (χ1n) is 7.91. The molecule has 3 atom stereocenters. The SMILES string of the molecule is O=C(CN1CCCS1(=O)=O)N[C@@H]1[C@@H]2CCc3ccccc3[C@H]21. The minimum absolute atomic E-state index is 0.0279. The van der Waals surface area contributed by atoms with E-state index in [1.807, 2.05) is 0 Å². The lowest BCUT2D eigenvalue weighted by Crippen LogP contribution is -2.39. The molecular formula is C16H20N2O3S. The standard InChI is InChI=1S/C16H20N2O3S/c19-14(10-18-8-3-9-22(18,20)21)17-16-13-7-6-11-4-1-2-5-12(11)15(13)16/h1-2,4-5,13,15-16H,3,6-10H2,(H,17,19)/t13-,15-,16-/m1/s1. The summed E-state index contributed by atoms with van der Waals surface area (Å²) < 4.78 is 24.8. The largest absolute Gasteiger partial charge is 0.351 e. The summed E-state index contributed by atoms with van der Waals surface area (Å²) in [4.78, 5) is 12.2. The molecule has 0 aromatic heterocycles. The van der Waals surface area contributed by atoms with Crippen molar-refractivity contribution in [3.8, 4) is 0 Å². The first kappa shape index (κ1) is 14.2. The van der Waals surface area contributed by atoms with Crippen LogP contribution in [0.25, 0.3) is 0 Å². The van der Waals surface area contributed by atoms with Crippen molar-refractivity contribution in [3.05, 3.63) is 35.4 Å². The Bertz CT molecular complexity index is 716. The molecule has 1 aliphatic heterocycles. The number of aryl methyl sites for hydroxylation is 1. The lowest BCUT2D eigenvalue weighted by atomic mass is 9.92. The Hall–Kier alpha value is -1.40. The summed E-state index contributed by atoms with van der Waals surface area (Å²) in [6.45, 7) is 0.441. The third-order valence-electron chi connectivity index (χ3n) is 5.18. The fourth-order valence-corrected chi connectivity index (χ4v) is 5.50. The molecule has 2 aliphatic carbocycles. The molecule has 5 nitrogen and oxygen atoms in total. The van der Waals surface area contributed by atoms with Gasteiger partial charge in [-0.2, -0.15) is 4.31 Å². The van der Waals surface area contributed by atoms with E-state index in [1.54, 1.807) is 0 Å². The maximum atomic E-state index is 12.2. The predicted octanol–water partition coefficient (Wildman–Crippen LogP) is 0.867. The minimum atomic E-state index is -3.20. The molecule has 22 heavy (non-hydrogen) atoms. The van der Waals surface area contributed by atoms with Crippen molar-refractivity contribution in [2.45, 2.75) is 31.2 Å². The number of amides is 1. The van der Waals surface area contributed by atoms with E-state index in [1.165, 1.54) is 15.4 Å². The van der Waals surface area contributed by atoms with Crippen LogP contribution in [0.1, 0.15) is 29.9 Å². The molecule has 0 bridgehead atoms. The zero-order valence-electron chi connectivity index (χ0n) is 12.4. The summed E-state index contributed by atoms with van der Waals surface area (Å²) in [5.41, 5.74) is 2.75. The molecule has 6 heteroatoms. The number of rotatable bonds is 3. The van der Waals surface area contributed by atoms with E-state index in [-0.39, 0.29) is 24.2 Å². The molecule has 3 aliphatic rings. The molecule has 1 aromatic carbocycles. The molecule has 1 saturated carbocycles. The van der Waals surface area contributed by atoms with Crippen molar-refractivity contribution in [3.63, 3.8) is 0 Å². The molecule has 0 unspecified atom stereocenters. The maximum absolute atomic E-state index is 12.2. The molecule has 0 spiro atoms. The molecule has 118 valence electrons. The van der Waals surface area contributed by atoms with Gasteiger partial charge in [0.05, 0.1) is 12.3 Å². The van der Waals surface area contributed by atoms with Gasteiger partial charge in [0.15, 0.2) is 0 Å². The number of hydrogen-bond donors (Lipinski definition) is 1. The lowest BCUT2D eigenvalue weighted by Gasteiger charge is -2.14. The summed E-state index contributed by atoms with van der Waals surface area (Å²) in [5.74, 6) is 0.947. The third kappa shape index (κ3) is 2.34. The van der Waals surface area contributed by atoms with Crippen LogP contribution >= 0.6 is 0 Å². The number of fused-ring (bicyclic) bond motifs is 3. The normalized spacial score (nSPS) is 32.1. The average molecular weight is 320 g/mol. The molecular weight excluding hydrogens is 300 g/mol. The molecule has 1 aromatic rings. The molecule has 1 heterocycles. The van der Waals surface area contributed by atoms with Gasteiger partial charge in [-0.3, -0.25) is 4.79 Å². The number of carbonyl (C=O) groups excluding carboxylic acids is 1. The highest BCUT2D eigenvalue weighted by Gasteiger charge is 2.53. The quantitative estimate of drug-likeness (QED) is 0.898. The van der Waals surface area contributed by atoms with Crippen LogP contribution in [0.3, 0.4) is 0 Å². The Morgan fingerprint density at radius 3 is 2.91 bits per heavy atom. The van der Waals surface area contributed by atoms with Crippen LogP contribution in [0, 0.1) is 5.92 Å². The van der Waals surface area contributed by atoms with E-state index in [4.69, 9.17) is 0 Å². The van der Waals surface area contributed by atoms with Crippen molar-refractivity contribution >= 4 is 15.9 Å². The highest BCUT2D eigenvalue weighted by Crippen LogP contribution is 2.54. The van der Waals surface area contributed by atoms with Crippen LogP contribution in [0.5, 0.6) is 0 Å². The number of hydrogen-bond acceptors (Lipinski definition) is 3. The summed E-state index contributed by atoms with van der Waals surface area (Å²) in [6.07, 6.45) is 2.80. The van der Waals surface area contributed by atoms with E-state index in [0.29, 0.717) is 24.8 Å². The van der Waals surface area contributed by atoms with Gasteiger partial charge >= 0.3 is 0 Å². The Kier molecular flexibility index (Phi) is 3.27. The second kappa shape index (κ2) is 5.06. The van der Waals surface area contributed by atoms with Gasteiger partial charge in [0.2, 0.25) is 15.9 Å². The van der Waals surface area contributed by atoms with Crippen LogP contribution < -0.4 is 5.32 Å². The van der Waals surface area contributed by atoms with E-state index >= 15 is 0 Å². The zero-order valence-corrected chi connectivity index (χ0v) is 13.2. The minimum Gasteiger partial charge on any atom is -0.351 e. The first-order chi connectivity index (χ1) is 10.6. The van der Waals surface area contributed by atoms with E-state index in [9.17, 15) is 13.2 Å². The van der Waals surface area contributed by atoms with Crippen LogP contribution in [-0.2, 0) is 21.2 Å². The van der Waals surface area contributed by atoms with E-state index in [0.717, 1.165) is 12.8 Å². The second-order valence-electron chi connectivity index (χ2n) is 6.52. The Labute approximate surface area is 130 Å². The molecule has 1 N–H and O–H groups in total. The van der Waals surface area contributed by atoms with Gasteiger partial charge < -0.3 is 5.32 Å². The fourth-order valence-electron chi connectivity index (χ4n) is 4.02. The van der Waals surface area contributed by atoms with Crippen LogP contribution in [0.15, 0.2) is 24.3 Å². The van der Waals surface area contributed by atoms with Gasteiger partial charge in [0.25, 0.3) is 0 Å². The number of nitrogens with zero attached hydrogens (tertiary/aromatic N) is 1. The summed E-state index contributed by atoms with van der Waals surface area (Å²) in [6, 6.07) is 8.62. The lowest BCUT2D eigenvalue weighted by molar-refractivity contribution is -0.121. The van der Waals surface area contributed by atoms with Crippen molar-refractivity contribution in [1.29, 1.82) is 0 Å². The van der Waals surface area contributed by atoms with Gasteiger partial charge in [-0.1, -0.05) is 24.3 Å². The third-order valence-corrected chi connectivity index (χ3v) is 7.08. The van der Waals surface area contributed by atoms with Gasteiger partial charge in [-0.05, 0) is 36.3 Å². The summed E-state index contributed by atoms with van der Waals surface area (Å²) >= 11 is 0. The van der Waals surface area contributed by atoms with Crippen molar-refractivity contribution in [2.24, 2.45) is 5.92 Å². The Morgan fingerprint density at radius 1 is 1.32 bits per heavy atom. The first-order valence-corrected chi connectivity index (χ1v) is 9.52. The number of sulfonamides is 1. The van der Waals surface area contributed by atoms with Crippen LogP contribution in [0.2, 0.25) is 0 Å².